The van der Waals surface area contributed by atoms with Crippen molar-refractivity contribution in [3.05, 3.63) is 29.1 Å². The fraction of sp³-hybridized carbons (Fsp3) is 0. The number of hydrogen-bond donors (Lipinski definition) is 1. The van der Waals surface area contributed by atoms with Crippen molar-refractivity contribution in [2.24, 2.45) is 0 Å². The standard InChI is InChI=1S/C6HF5O3S.Ag/c7-1-2(8)4(10)6(14-15(12)13)5(11)3(1)9;/h15H;. The largest absolute Gasteiger partial charge is 0.378 e. The number of hydrogen-bond acceptors (Lipinski definition) is 3. The zero-order chi connectivity index (χ0) is 11.7. The summed E-state index contributed by atoms with van der Waals surface area (Å²) in [6.07, 6.45) is 0. The first-order chi connectivity index (χ1) is 6.86. The molecule has 0 saturated carbocycles. The molecule has 0 heterocycles. The molecular weight excluding hydrogens is 355 g/mol. The Morgan fingerprint density at radius 3 is 1.38 bits per heavy atom. The Kier molecular flexibility index (Phi) is 5.39. The van der Waals surface area contributed by atoms with Gasteiger partial charge in [-0.1, -0.05) is 0 Å². The minimum atomic E-state index is -3.78. The van der Waals surface area contributed by atoms with E-state index < -0.39 is 45.8 Å². The Morgan fingerprint density at radius 1 is 0.750 bits per heavy atom. The van der Waals surface area contributed by atoms with E-state index in [9.17, 15) is 30.4 Å². The van der Waals surface area contributed by atoms with Crippen LogP contribution < -0.4 is 4.18 Å². The number of rotatable bonds is 2. The fourth-order valence-electron chi connectivity index (χ4n) is 0.739. The first-order valence-electron chi connectivity index (χ1n) is 3.20. The molecule has 10 heteroatoms. The molecule has 0 amide bonds. The van der Waals surface area contributed by atoms with Crippen LogP contribution in [0, 0.1) is 29.1 Å². The second-order valence-corrected chi connectivity index (χ2v) is 2.84. The van der Waals surface area contributed by atoms with Crippen molar-refractivity contribution >= 4 is 11.0 Å². The van der Waals surface area contributed by atoms with Gasteiger partial charge < -0.3 is 4.18 Å². The summed E-state index contributed by atoms with van der Waals surface area (Å²) in [7, 11) is -3.78. The molecule has 0 N–H and O–H groups in total. The van der Waals surface area contributed by atoms with Crippen molar-refractivity contribution in [3.8, 4) is 5.75 Å². The van der Waals surface area contributed by atoms with Gasteiger partial charge in [-0.25, -0.2) is 13.2 Å². The normalized spacial score (nSPS) is 10.1. The van der Waals surface area contributed by atoms with Gasteiger partial charge in [-0.15, -0.1) is 0 Å². The Hall–Kier alpha value is -0.640. The van der Waals surface area contributed by atoms with E-state index in [1.165, 1.54) is 0 Å². The van der Waals surface area contributed by atoms with Gasteiger partial charge in [0.15, 0.2) is 0 Å². The molecule has 0 spiro atoms. The minimum absolute atomic E-state index is 0. The van der Waals surface area contributed by atoms with Crippen LogP contribution in [-0.2, 0) is 33.4 Å². The van der Waals surface area contributed by atoms with Crippen molar-refractivity contribution in [2.75, 3.05) is 0 Å². The molecule has 0 bridgehead atoms. The first kappa shape index (κ1) is 15.4. The zero-order valence-corrected chi connectivity index (χ0v) is 9.24. The number of halogens is 5. The zero-order valence-electron chi connectivity index (χ0n) is 6.86. The van der Waals surface area contributed by atoms with E-state index in [4.69, 9.17) is 0 Å². The van der Waals surface area contributed by atoms with Crippen LogP contribution in [0.1, 0.15) is 0 Å². The summed E-state index contributed by atoms with van der Waals surface area (Å²) in [5.41, 5.74) is 0. The van der Waals surface area contributed by atoms with Gasteiger partial charge in [-0.05, 0) is 0 Å². The van der Waals surface area contributed by atoms with Crippen LogP contribution in [0.2, 0.25) is 0 Å². The predicted octanol–water partition coefficient (Wildman–Crippen LogP) is 1.28. The van der Waals surface area contributed by atoms with E-state index in [1.54, 1.807) is 0 Å². The van der Waals surface area contributed by atoms with E-state index >= 15 is 0 Å². The van der Waals surface area contributed by atoms with Gasteiger partial charge in [0.05, 0.1) is 0 Å². The van der Waals surface area contributed by atoms with Crippen molar-refractivity contribution in [2.45, 2.75) is 0 Å². The van der Waals surface area contributed by atoms with Gasteiger partial charge in [0.25, 0.3) is 11.0 Å². The summed E-state index contributed by atoms with van der Waals surface area (Å²) in [4.78, 5) is 0. The molecule has 1 radical (unpaired) electrons. The van der Waals surface area contributed by atoms with Crippen LogP contribution >= 0.6 is 0 Å². The van der Waals surface area contributed by atoms with Crippen molar-refractivity contribution in [3.63, 3.8) is 0 Å². The Bertz CT molecular complexity index is 453. The smallest absolute Gasteiger partial charge is 0.299 e. The number of thiol groups is 1. The van der Waals surface area contributed by atoms with Gasteiger partial charge >= 0.3 is 0 Å². The molecule has 0 unspecified atom stereocenters. The maximum atomic E-state index is 12.6. The molecule has 0 aliphatic carbocycles. The van der Waals surface area contributed by atoms with Gasteiger partial charge in [0.1, 0.15) is 0 Å². The summed E-state index contributed by atoms with van der Waals surface area (Å²) in [6, 6.07) is 0. The van der Waals surface area contributed by atoms with Gasteiger partial charge in [0, 0.05) is 22.4 Å². The molecule has 0 aromatic heterocycles. The second-order valence-electron chi connectivity index (χ2n) is 2.21. The van der Waals surface area contributed by atoms with Gasteiger partial charge in [0.2, 0.25) is 34.8 Å². The van der Waals surface area contributed by atoms with Crippen LogP contribution in [-0.4, -0.2) is 8.42 Å². The van der Waals surface area contributed by atoms with Crippen molar-refractivity contribution < 1.29 is 56.9 Å². The van der Waals surface area contributed by atoms with Crippen molar-refractivity contribution in [1.29, 1.82) is 0 Å². The van der Waals surface area contributed by atoms with Gasteiger partial charge in [-0.2, -0.15) is 17.2 Å². The quantitative estimate of drug-likeness (QED) is 0.286. The third-order valence-corrected chi connectivity index (χ3v) is 1.67. The van der Waals surface area contributed by atoms with Crippen LogP contribution in [0.15, 0.2) is 0 Å². The van der Waals surface area contributed by atoms with Crippen LogP contribution in [0.4, 0.5) is 22.0 Å². The fourth-order valence-corrected chi connectivity index (χ4v) is 1.05. The van der Waals surface area contributed by atoms with Crippen LogP contribution in [0.3, 0.4) is 0 Å². The van der Waals surface area contributed by atoms with E-state index in [0.717, 1.165) is 0 Å². The Balaban J connectivity index is 0.00000225. The molecule has 1 aromatic rings. The van der Waals surface area contributed by atoms with E-state index in [1.807, 2.05) is 0 Å². The maximum Gasteiger partial charge on any atom is 0.299 e. The molecule has 0 aliphatic rings. The third-order valence-electron chi connectivity index (χ3n) is 1.34. The molecule has 95 valence electrons. The van der Waals surface area contributed by atoms with E-state index in [2.05, 4.69) is 4.18 Å². The minimum Gasteiger partial charge on any atom is -0.378 e. The second kappa shape index (κ2) is 5.62. The Morgan fingerprint density at radius 2 is 1.06 bits per heavy atom. The van der Waals surface area contributed by atoms with Crippen molar-refractivity contribution in [1.82, 2.24) is 0 Å². The van der Waals surface area contributed by atoms with Crippen LogP contribution in [0.25, 0.3) is 0 Å². The first-order valence-corrected chi connectivity index (χ1v) is 4.29. The molecule has 0 atom stereocenters. The van der Waals surface area contributed by atoms with E-state index in [0.29, 0.717) is 0 Å². The summed E-state index contributed by atoms with van der Waals surface area (Å²) >= 11 is 0. The molecule has 1 aromatic carbocycles. The molecule has 0 saturated heterocycles. The molecular formula is C6HAgF5O3S. The monoisotopic (exact) mass is 355 g/mol. The van der Waals surface area contributed by atoms with E-state index in [-0.39, 0.29) is 22.4 Å². The topological polar surface area (TPSA) is 43.4 Å². The molecule has 3 nitrogen and oxygen atoms in total. The average Bonchev–Trinajstić information content (AvgIpc) is 2.18. The maximum absolute atomic E-state index is 12.6. The number of benzene rings is 1. The molecule has 0 fully saturated rings. The Labute approximate surface area is 103 Å². The van der Waals surface area contributed by atoms with Gasteiger partial charge in [-0.3, -0.25) is 0 Å². The SMILES string of the molecule is O=[SH](=O)Oc1c(F)c(F)c(F)c(F)c1F.[Ag]. The molecule has 0 aliphatic heterocycles. The summed E-state index contributed by atoms with van der Waals surface area (Å²) in [5.74, 6) is -13.5. The summed E-state index contributed by atoms with van der Waals surface area (Å²) in [6.45, 7) is 0. The van der Waals surface area contributed by atoms with Crippen LogP contribution in [0.5, 0.6) is 5.75 Å². The third kappa shape index (κ3) is 2.73. The predicted molar refractivity (Wildman–Crippen MR) is 37.2 cm³/mol. The summed E-state index contributed by atoms with van der Waals surface area (Å²) in [5, 5.41) is 0. The molecule has 16 heavy (non-hydrogen) atoms. The summed E-state index contributed by atoms with van der Waals surface area (Å²) < 4.78 is 85.8. The molecule has 1 rings (SSSR count). The average molecular weight is 356 g/mol.